The third-order valence-electron chi connectivity index (χ3n) is 15.3. The van der Waals surface area contributed by atoms with E-state index in [0.717, 1.165) is 44.8 Å². The van der Waals surface area contributed by atoms with Crippen molar-refractivity contribution in [3.63, 3.8) is 0 Å². The van der Waals surface area contributed by atoms with Crippen molar-refractivity contribution in [1.29, 1.82) is 0 Å². The van der Waals surface area contributed by atoms with Crippen molar-refractivity contribution in [3.05, 3.63) is 124 Å². The number of fused-ring (bicyclic) bond motifs is 3. The Balaban J connectivity index is 0.000000680. The molecule has 6 aromatic rings. The van der Waals surface area contributed by atoms with Crippen LogP contribution in [0.3, 0.4) is 0 Å². The van der Waals surface area contributed by atoms with Gasteiger partial charge in [-0.15, -0.1) is 0 Å². The Bertz CT molecular complexity index is 2010. The second-order valence-electron chi connectivity index (χ2n) is 17.8. The number of benzene rings is 6. The number of hydrogen-bond donors (Lipinski definition) is 0. The van der Waals surface area contributed by atoms with Gasteiger partial charge in [-0.3, -0.25) is 0 Å². The van der Waals surface area contributed by atoms with Crippen LogP contribution < -0.4 is 16.4 Å². The fraction of sp³-hybridized carbons (Fsp3) is 0.483. The molecule has 0 aliphatic carbocycles. The van der Waals surface area contributed by atoms with Crippen LogP contribution in [0.5, 0.6) is 0 Å². The standard InChI is InChI=1S/C50H62B.C8H20N/c1-8-15-16-17-18-19-35-51(45-32-29-39(12-5)48-36(9-2)23-20-26-42(45)48,46-33-30-40(13-6)49-37(10-3)24-21-27-43(46)49)47-34-31-41(14-7)50-38(11-4)25-22-28-44(47)50;1-5-9(6-2,7-3)8-4/h20-34H,8-19,35H2,1-7H3;5-8H2,1-4H3/q-1;+1. The van der Waals surface area contributed by atoms with E-state index < -0.39 is 6.15 Å². The molecule has 0 atom stereocenters. The molecule has 0 aromatic heterocycles. The second-order valence-corrected chi connectivity index (χ2v) is 17.8. The highest BCUT2D eigenvalue weighted by molar-refractivity contribution is 7.14. The van der Waals surface area contributed by atoms with E-state index in [1.54, 1.807) is 16.4 Å². The van der Waals surface area contributed by atoms with Gasteiger partial charge in [0.15, 0.2) is 0 Å². The van der Waals surface area contributed by atoms with Gasteiger partial charge in [0.1, 0.15) is 0 Å². The lowest BCUT2D eigenvalue weighted by Gasteiger charge is -2.46. The van der Waals surface area contributed by atoms with Gasteiger partial charge in [-0.25, -0.2) is 0 Å². The zero-order valence-corrected chi connectivity index (χ0v) is 40.2. The minimum Gasteiger partial charge on any atom is -0.325 e. The van der Waals surface area contributed by atoms with E-state index in [4.69, 9.17) is 0 Å². The summed E-state index contributed by atoms with van der Waals surface area (Å²) in [6, 6.07) is 36.9. The third-order valence-corrected chi connectivity index (χ3v) is 15.3. The molecular formula is C58H82BN. The molecule has 322 valence electrons. The lowest BCUT2D eigenvalue weighted by molar-refractivity contribution is -0.921. The largest absolute Gasteiger partial charge is 0.325 e. The Morgan fingerprint density at radius 3 is 0.917 bits per heavy atom. The van der Waals surface area contributed by atoms with Gasteiger partial charge in [-0.2, -0.15) is 22.7 Å². The van der Waals surface area contributed by atoms with E-state index in [-0.39, 0.29) is 0 Å². The highest BCUT2D eigenvalue weighted by Gasteiger charge is 2.35. The minimum absolute atomic E-state index is 1.05. The van der Waals surface area contributed by atoms with Crippen molar-refractivity contribution in [2.45, 2.75) is 160 Å². The first kappa shape index (κ1) is 47.2. The molecule has 0 unspecified atom stereocenters. The van der Waals surface area contributed by atoms with E-state index in [1.807, 2.05) is 0 Å². The van der Waals surface area contributed by atoms with Gasteiger partial charge in [-0.1, -0.05) is 194 Å². The molecule has 0 amide bonds. The predicted octanol–water partition coefficient (Wildman–Crippen LogP) is 14.2. The molecule has 60 heavy (non-hydrogen) atoms. The average molecular weight is 804 g/mol. The maximum absolute atomic E-state index is 2.59. The summed E-state index contributed by atoms with van der Waals surface area (Å²) in [7, 11) is 0. The fourth-order valence-electron chi connectivity index (χ4n) is 11.3. The Morgan fingerprint density at radius 1 is 0.333 bits per heavy atom. The molecule has 0 aliphatic heterocycles. The number of rotatable bonds is 20. The first-order valence-electron chi connectivity index (χ1n) is 24.9. The Hall–Kier alpha value is -3.88. The Kier molecular flexibility index (Phi) is 17.5. The maximum atomic E-state index is 2.59. The molecule has 0 spiro atoms. The normalized spacial score (nSPS) is 12.1. The molecule has 1 nitrogen and oxygen atoms in total. The number of aryl methyl sites for hydroxylation is 6. The molecule has 6 aromatic carbocycles. The number of nitrogens with zero attached hydrogens (tertiary/aromatic N) is 1. The summed E-state index contributed by atoms with van der Waals surface area (Å²) in [5.41, 5.74) is 13.5. The van der Waals surface area contributed by atoms with Crippen LogP contribution >= 0.6 is 0 Å². The summed E-state index contributed by atoms with van der Waals surface area (Å²) in [4.78, 5) is 0. The molecule has 0 radical (unpaired) electrons. The summed E-state index contributed by atoms with van der Waals surface area (Å²) in [6.45, 7) is 30.6. The molecule has 6 rings (SSSR count). The summed E-state index contributed by atoms with van der Waals surface area (Å²) in [5, 5.41) is 8.92. The van der Waals surface area contributed by atoms with E-state index in [9.17, 15) is 0 Å². The molecule has 2 heteroatoms. The van der Waals surface area contributed by atoms with Gasteiger partial charge in [0.25, 0.3) is 0 Å². The van der Waals surface area contributed by atoms with Crippen LogP contribution in [-0.4, -0.2) is 36.8 Å². The first-order chi connectivity index (χ1) is 29.3. The van der Waals surface area contributed by atoms with Crippen LogP contribution in [0.2, 0.25) is 6.32 Å². The van der Waals surface area contributed by atoms with Crippen molar-refractivity contribution in [2.75, 3.05) is 26.2 Å². The van der Waals surface area contributed by atoms with Crippen molar-refractivity contribution in [1.82, 2.24) is 0 Å². The predicted molar refractivity (Wildman–Crippen MR) is 273 cm³/mol. The Morgan fingerprint density at radius 2 is 0.633 bits per heavy atom. The van der Waals surface area contributed by atoms with E-state index in [2.05, 4.69) is 167 Å². The quantitative estimate of drug-likeness (QED) is 0.0410. The third kappa shape index (κ3) is 9.31. The van der Waals surface area contributed by atoms with Gasteiger partial charge < -0.3 is 4.48 Å². The van der Waals surface area contributed by atoms with Gasteiger partial charge in [0.2, 0.25) is 0 Å². The van der Waals surface area contributed by atoms with Crippen LogP contribution in [0.25, 0.3) is 32.3 Å². The van der Waals surface area contributed by atoms with Crippen molar-refractivity contribution in [2.24, 2.45) is 0 Å². The van der Waals surface area contributed by atoms with Gasteiger partial charge >= 0.3 is 0 Å². The molecule has 0 saturated carbocycles. The highest BCUT2D eigenvalue weighted by Crippen LogP contribution is 2.34. The average Bonchev–Trinajstić information content (AvgIpc) is 3.31. The summed E-state index contributed by atoms with van der Waals surface area (Å²) >= 11 is 0. The summed E-state index contributed by atoms with van der Waals surface area (Å²) in [5.74, 6) is 0. The lowest BCUT2D eigenvalue weighted by Crippen LogP contribution is -2.67. The minimum atomic E-state index is -1.40. The zero-order valence-electron chi connectivity index (χ0n) is 40.2. The molecule has 0 aliphatic rings. The molecule has 0 saturated heterocycles. The van der Waals surface area contributed by atoms with Crippen LogP contribution in [0.4, 0.5) is 0 Å². The highest BCUT2D eigenvalue weighted by atomic mass is 15.3. The van der Waals surface area contributed by atoms with Crippen molar-refractivity contribution < 1.29 is 4.48 Å². The van der Waals surface area contributed by atoms with Gasteiger partial charge in [0, 0.05) is 0 Å². The van der Waals surface area contributed by atoms with Gasteiger partial charge in [0.05, 0.1) is 32.3 Å². The number of quaternary nitrogens is 1. The molecule has 0 heterocycles. The Labute approximate surface area is 367 Å². The lowest BCUT2D eigenvalue weighted by atomic mass is 9.13. The monoisotopic (exact) mass is 804 g/mol. The SMILES string of the molecule is CCCCCCCC[B-](c1ccc(CC)c2c(CC)cccc12)(c1ccc(CC)c2c(CC)cccc12)c1ccc(CC)c2c(CC)cccc12.CC[N+](CC)(CC)CC. The molecule has 0 N–H and O–H groups in total. The van der Waals surface area contributed by atoms with Crippen molar-refractivity contribution in [3.8, 4) is 0 Å². The van der Waals surface area contributed by atoms with E-state index >= 15 is 0 Å². The second kappa shape index (κ2) is 22.3. The smallest absolute Gasteiger partial charge is 0.0837 e. The maximum Gasteiger partial charge on any atom is 0.0837 e. The molecule has 0 fully saturated rings. The molecule has 0 bridgehead atoms. The van der Waals surface area contributed by atoms with E-state index in [1.165, 1.54) is 135 Å². The van der Waals surface area contributed by atoms with E-state index in [0.29, 0.717) is 0 Å². The fourth-order valence-corrected chi connectivity index (χ4v) is 11.3. The zero-order chi connectivity index (χ0) is 43.3. The van der Waals surface area contributed by atoms with Crippen molar-refractivity contribution >= 4 is 54.9 Å². The summed E-state index contributed by atoms with van der Waals surface area (Å²) in [6.07, 6.45) is 13.8. The van der Waals surface area contributed by atoms with Crippen LogP contribution in [0.15, 0.2) is 91.0 Å². The van der Waals surface area contributed by atoms with Crippen LogP contribution in [0, 0.1) is 0 Å². The number of hydrogen-bond acceptors (Lipinski definition) is 0. The topological polar surface area (TPSA) is 0 Å². The van der Waals surface area contributed by atoms with Crippen LogP contribution in [-0.2, 0) is 38.5 Å². The molecular weight excluding hydrogens is 721 g/mol. The number of unbranched alkanes of at least 4 members (excludes halogenated alkanes) is 5. The summed E-state index contributed by atoms with van der Waals surface area (Å²) < 4.78 is 1.28. The first-order valence-corrected chi connectivity index (χ1v) is 24.9. The van der Waals surface area contributed by atoms with Crippen LogP contribution in [0.1, 0.15) is 148 Å². The van der Waals surface area contributed by atoms with Gasteiger partial charge in [-0.05, 0) is 116 Å².